The summed E-state index contributed by atoms with van der Waals surface area (Å²) >= 11 is 0. The molecular formula is C10H15F2NO2. The molecule has 0 bridgehead atoms. The monoisotopic (exact) mass is 219 g/mol. The molecule has 0 aliphatic heterocycles. The first-order chi connectivity index (χ1) is 6.99. The summed E-state index contributed by atoms with van der Waals surface area (Å²) < 4.78 is 31.4. The number of alkyl halides is 2. The summed E-state index contributed by atoms with van der Waals surface area (Å²) in [6.45, 7) is 1.81. The molecule has 2 atom stereocenters. The zero-order chi connectivity index (χ0) is 11.5. The predicted molar refractivity (Wildman–Crippen MR) is 51.4 cm³/mol. The van der Waals surface area contributed by atoms with Crippen molar-refractivity contribution in [3.8, 4) is 0 Å². The molecule has 0 radical (unpaired) electrons. The molecule has 0 heterocycles. The minimum atomic E-state index is -3.04. The molecule has 15 heavy (non-hydrogen) atoms. The Morgan fingerprint density at radius 3 is 2.87 bits per heavy atom. The van der Waals surface area contributed by atoms with Crippen molar-refractivity contribution in [1.82, 2.24) is 0 Å². The Labute approximate surface area is 87.3 Å². The van der Waals surface area contributed by atoms with E-state index < -0.39 is 30.3 Å². The van der Waals surface area contributed by atoms with Crippen molar-refractivity contribution in [1.29, 1.82) is 0 Å². The second-order valence-electron chi connectivity index (χ2n) is 3.56. The molecule has 0 saturated heterocycles. The third-order valence-corrected chi connectivity index (χ3v) is 2.46. The molecule has 1 rings (SSSR count). The van der Waals surface area contributed by atoms with Crippen molar-refractivity contribution >= 4 is 5.97 Å². The van der Waals surface area contributed by atoms with Crippen LogP contribution in [-0.2, 0) is 9.53 Å². The standard InChI is InChI=1S/C10H15F2NO2/c1-2-15-9(14)7-5-3-4-6-10(11,12)8(7)13/h3-4,7-8H,2,5-6,13H2,1H3/t7-,8-/m0/s1. The molecule has 1 aliphatic rings. The summed E-state index contributed by atoms with van der Waals surface area (Å²) in [5.74, 6) is -4.63. The highest BCUT2D eigenvalue weighted by molar-refractivity contribution is 5.73. The molecule has 1 aliphatic carbocycles. The zero-order valence-corrected chi connectivity index (χ0v) is 8.58. The van der Waals surface area contributed by atoms with Crippen molar-refractivity contribution in [2.24, 2.45) is 11.7 Å². The lowest BCUT2D eigenvalue weighted by atomic mass is 9.93. The third kappa shape index (κ3) is 2.75. The Morgan fingerprint density at radius 1 is 1.60 bits per heavy atom. The maximum absolute atomic E-state index is 13.3. The summed E-state index contributed by atoms with van der Waals surface area (Å²) in [5, 5.41) is 0. The molecule has 0 aromatic carbocycles. The molecule has 86 valence electrons. The van der Waals surface area contributed by atoms with Crippen molar-refractivity contribution in [3.05, 3.63) is 12.2 Å². The van der Waals surface area contributed by atoms with Gasteiger partial charge < -0.3 is 10.5 Å². The SMILES string of the molecule is CCOC(=O)[C@H]1CC=CCC(F)(F)[C@H]1N. The molecular weight excluding hydrogens is 204 g/mol. The van der Waals surface area contributed by atoms with E-state index in [4.69, 9.17) is 10.5 Å². The fraction of sp³-hybridized carbons (Fsp3) is 0.700. The number of allylic oxidation sites excluding steroid dienone is 2. The quantitative estimate of drug-likeness (QED) is 0.565. The predicted octanol–water partition coefficient (Wildman–Crippen LogP) is 1.48. The fourth-order valence-electron chi connectivity index (χ4n) is 1.55. The zero-order valence-electron chi connectivity index (χ0n) is 8.58. The largest absolute Gasteiger partial charge is 0.466 e. The average Bonchev–Trinajstić information content (AvgIpc) is 2.28. The van der Waals surface area contributed by atoms with Crippen molar-refractivity contribution < 1.29 is 18.3 Å². The number of hydrogen-bond donors (Lipinski definition) is 1. The van der Waals surface area contributed by atoms with Gasteiger partial charge in [0, 0.05) is 6.42 Å². The highest BCUT2D eigenvalue weighted by atomic mass is 19.3. The minimum Gasteiger partial charge on any atom is -0.466 e. The van der Waals surface area contributed by atoms with Gasteiger partial charge in [-0.05, 0) is 13.3 Å². The number of ether oxygens (including phenoxy) is 1. The molecule has 0 unspecified atom stereocenters. The molecule has 0 spiro atoms. The molecule has 0 saturated carbocycles. The van der Waals surface area contributed by atoms with Crippen LogP contribution in [-0.4, -0.2) is 24.5 Å². The van der Waals surface area contributed by atoms with Gasteiger partial charge in [0.15, 0.2) is 0 Å². The molecule has 0 aromatic rings. The van der Waals surface area contributed by atoms with Gasteiger partial charge in [-0.25, -0.2) is 8.78 Å². The molecule has 2 N–H and O–H groups in total. The Kier molecular flexibility index (Phi) is 3.79. The summed E-state index contributed by atoms with van der Waals surface area (Å²) in [5.41, 5.74) is 5.40. The molecule has 0 fully saturated rings. The maximum Gasteiger partial charge on any atom is 0.311 e. The number of hydrogen-bond acceptors (Lipinski definition) is 3. The van der Waals surface area contributed by atoms with E-state index in [1.54, 1.807) is 13.0 Å². The van der Waals surface area contributed by atoms with Gasteiger partial charge in [0.25, 0.3) is 5.92 Å². The van der Waals surface area contributed by atoms with E-state index in [9.17, 15) is 13.6 Å². The van der Waals surface area contributed by atoms with Crippen LogP contribution in [0.25, 0.3) is 0 Å². The third-order valence-electron chi connectivity index (χ3n) is 2.46. The van der Waals surface area contributed by atoms with E-state index >= 15 is 0 Å². The second kappa shape index (κ2) is 4.70. The molecule has 0 aromatic heterocycles. The van der Waals surface area contributed by atoms with Gasteiger partial charge in [0.2, 0.25) is 0 Å². The van der Waals surface area contributed by atoms with Crippen LogP contribution in [0.15, 0.2) is 12.2 Å². The lowest BCUT2D eigenvalue weighted by Crippen LogP contribution is -2.48. The normalized spacial score (nSPS) is 29.6. The smallest absolute Gasteiger partial charge is 0.311 e. The number of nitrogens with two attached hydrogens (primary N) is 1. The van der Waals surface area contributed by atoms with Gasteiger partial charge in [-0.2, -0.15) is 0 Å². The first-order valence-electron chi connectivity index (χ1n) is 4.94. The fourth-order valence-corrected chi connectivity index (χ4v) is 1.55. The average molecular weight is 219 g/mol. The summed E-state index contributed by atoms with van der Waals surface area (Å²) in [6.07, 6.45) is 2.72. The van der Waals surface area contributed by atoms with E-state index in [1.165, 1.54) is 6.08 Å². The van der Waals surface area contributed by atoms with Crippen LogP contribution in [0, 0.1) is 5.92 Å². The minimum absolute atomic E-state index is 0.178. The van der Waals surface area contributed by atoms with E-state index in [0.29, 0.717) is 0 Å². The van der Waals surface area contributed by atoms with Crippen LogP contribution in [0.5, 0.6) is 0 Å². The van der Waals surface area contributed by atoms with Crippen LogP contribution in [0.1, 0.15) is 19.8 Å². The van der Waals surface area contributed by atoms with Gasteiger partial charge in [0.05, 0.1) is 18.6 Å². The van der Waals surface area contributed by atoms with Crippen LogP contribution in [0.2, 0.25) is 0 Å². The Balaban J connectivity index is 2.78. The summed E-state index contributed by atoms with van der Waals surface area (Å²) in [7, 11) is 0. The van der Waals surface area contributed by atoms with Crippen LogP contribution < -0.4 is 5.73 Å². The molecule has 5 heteroatoms. The number of esters is 1. The van der Waals surface area contributed by atoms with Gasteiger partial charge in [0.1, 0.15) is 0 Å². The maximum atomic E-state index is 13.3. The summed E-state index contributed by atoms with van der Waals surface area (Å²) in [4.78, 5) is 11.4. The highest BCUT2D eigenvalue weighted by Crippen LogP contribution is 2.31. The first kappa shape index (κ1) is 12.1. The van der Waals surface area contributed by atoms with Crippen LogP contribution in [0.4, 0.5) is 8.78 Å². The van der Waals surface area contributed by atoms with Crippen LogP contribution >= 0.6 is 0 Å². The van der Waals surface area contributed by atoms with Gasteiger partial charge in [-0.3, -0.25) is 4.79 Å². The van der Waals surface area contributed by atoms with E-state index in [1.807, 2.05) is 0 Å². The topological polar surface area (TPSA) is 52.3 Å². The first-order valence-corrected chi connectivity index (χ1v) is 4.94. The van der Waals surface area contributed by atoms with E-state index in [2.05, 4.69) is 0 Å². The molecule has 3 nitrogen and oxygen atoms in total. The van der Waals surface area contributed by atoms with Crippen molar-refractivity contribution in [2.45, 2.75) is 31.7 Å². The second-order valence-corrected chi connectivity index (χ2v) is 3.56. The van der Waals surface area contributed by atoms with Gasteiger partial charge in [-0.15, -0.1) is 0 Å². The number of rotatable bonds is 2. The highest BCUT2D eigenvalue weighted by Gasteiger charge is 2.44. The van der Waals surface area contributed by atoms with Crippen LogP contribution in [0.3, 0.4) is 0 Å². The van der Waals surface area contributed by atoms with E-state index in [0.717, 1.165) is 0 Å². The Morgan fingerprint density at radius 2 is 2.27 bits per heavy atom. The van der Waals surface area contributed by atoms with Gasteiger partial charge in [-0.1, -0.05) is 12.2 Å². The number of carbonyl (C=O) groups is 1. The Hall–Kier alpha value is -0.970. The lowest BCUT2D eigenvalue weighted by molar-refractivity contribution is -0.152. The van der Waals surface area contributed by atoms with Crippen molar-refractivity contribution in [3.63, 3.8) is 0 Å². The molecule has 0 amide bonds. The summed E-state index contributed by atoms with van der Waals surface area (Å²) in [6, 6.07) is -1.47. The number of carbonyl (C=O) groups excluding carboxylic acids is 1. The van der Waals surface area contributed by atoms with Gasteiger partial charge >= 0.3 is 5.97 Å². The van der Waals surface area contributed by atoms with Crippen molar-refractivity contribution in [2.75, 3.05) is 6.61 Å². The Bertz CT molecular complexity index is 266. The lowest BCUT2D eigenvalue weighted by Gasteiger charge is -2.26. The van der Waals surface area contributed by atoms with E-state index in [-0.39, 0.29) is 13.0 Å². The number of halogens is 2.